The molecule has 0 spiro atoms. The van der Waals surface area contributed by atoms with Gasteiger partial charge >= 0.3 is 6.09 Å². The van der Waals surface area contributed by atoms with E-state index in [1.165, 1.54) is 21.6 Å². The second-order valence-corrected chi connectivity index (χ2v) is 11.4. The summed E-state index contributed by atoms with van der Waals surface area (Å²) in [6.45, 7) is 4.52. The van der Waals surface area contributed by atoms with Crippen molar-refractivity contribution in [3.05, 3.63) is 106 Å². The second kappa shape index (κ2) is 15.5. The number of rotatable bonds is 13. The molecule has 0 saturated carbocycles. The standard InChI is InChI=1S/C34H40N6O5/c1-23(2)20-25-14-10-16-26-31(25)38-29(35-26)21-40-19-11-17-28(33(40)43)36-32(42)27(15-8-9-18-30(41)39(3)4)37-34(44)45-22-24-12-6-5-7-13-24/h5-7,9-14,16-19,23,27H,8,15,20-22H2,1-4H3,(H,35,38)(H,36,42)(H,37,44). The van der Waals surface area contributed by atoms with Gasteiger partial charge in [-0.05, 0) is 60.6 Å². The summed E-state index contributed by atoms with van der Waals surface area (Å²) in [5.74, 6) is 0.304. The fourth-order valence-electron chi connectivity index (χ4n) is 4.73. The highest BCUT2D eigenvalue weighted by Crippen LogP contribution is 2.20. The summed E-state index contributed by atoms with van der Waals surface area (Å²) in [7, 11) is 3.27. The highest BCUT2D eigenvalue weighted by molar-refractivity contribution is 5.96. The Balaban J connectivity index is 1.47. The highest BCUT2D eigenvalue weighted by atomic mass is 16.5. The molecule has 45 heavy (non-hydrogen) atoms. The van der Waals surface area contributed by atoms with E-state index in [4.69, 9.17) is 9.72 Å². The van der Waals surface area contributed by atoms with Gasteiger partial charge in [-0.25, -0.2) is 9.78 Å². The molecule has 2 heterocycles. The zero-order valence-electron chi connectivity index (χ0n) is 26.1. The molecule has 2 aromatic carbocycles. The first-order valence-corrected chi connectivity index (χ1v) is 14.9. The van der Waals surface area contributed by atoms with Crippen LogP contribution in [0.3, 0.4) is 0 Å². The van der Waals surface area contributed by atoms with Crippen LogP contribution in [0, 0.1) is 5.92 Å². The maximum absolute atomic E-state index is 13.4. The Morgan fingerprint density at radius 3 is 2.56 bits per heavy atom. The molecule has 0 aliphatic rings. The van der Waals surface area contributed by atoms with Crippen molar-refractivity contribution in [2.75, 3.05) is 19.4 Å². The number of alkyl carbamates (subject to hydrolysis) is 1. The number of carbonyl (C=O) groups is 3. The number of aromatic amines is 1. The van der Waals surface area contributed by atoms with Crippen LogP contribution in [0.4, 0.5) is 10.5 Å². The first kappa shape index (κ1) is 32.7. The molecule has 2 aromatic heterocycles. The summed E-state index contributed by atoms with van der Waals surface area (Å²) in [4.78, 5) is 60.8. The van der Waals surface area contributed by atoms with E-state index in [1.54, 1.807) is 32.4 Å². The molecule has 0 aliphatic heterocycles. The SMILES string of the molecule is CC(C)Cc1cccc2[nH]c(Cn3cccc(NC(=O)C(CCC=CC(=O)N(C)C)NC(=O)OCc4ccccc4)c3=O)nc12. The summed E-state index contributed by atoms with van der Waals surface area (Å²) in [5, 5.41) is 5.27. The Morgan fingerprint density at radius 2 is 1.82 bits per heavy atom. The molecule has 236 valence electrons. The van der Waals surface area contributed by atoms with Crippen molar-refractivity contribution in [2.24, 2.45) is 5.92 Å². The minimum atomic E-state index is -1.03. The Bertz CT molecular complexity index is 1710. The number of nitrogens with one attached hydrogen (secondary N) is 3. The van der Waals surface area contributed by atoms with Gasteiger partial charge in [0, 0.05) is 20.3 Å². The fraction of sp³-hybridized carbons (Fsp3) is 0.324. The van der Waals surface area contributed by atoms with Crippen LogP contribution in [0.15, 0.2) is 83.8 Å². The van der Waals surface area contributed by atoms with Gasteiger partial charge in [0.1, 0.15) is 24.2 Å². The van der Waals surface area contributed by atoms with Gasteiger partial charge in [0.25, 0.3) is 5.56 Å². The molecule has 3 amide bonds. The summed E-state index contributed by atoms with van der Waals surface area (Å²) in [6, 6.07) is 17.3. The van der Waals surface area contributed by atoms with Crippen LogP contribution in [-0.4, -0.2) is 57.5 Å². The molecule has 1 unspecified atom stereocenters. The number of H-pyrrole nitrogens is 1. The Labute approximate surface area is 262 Å². The predicted molar refractivity (Wildman–Crippen MR) is 174 cm³/mol. The molecule has 0 fully saturated rings. The first-order valence-electron chi connectivity index (χ1n) is 14.9. The highest BCUT2D eigenvalue weighted by Gasteiger charge is 2.22. The lowest BCUT2D eigenvalue weighted by Crippen LogP contribution is -2.44. The third-order valence-corrected chi connectivity index (χ3v) is 7.02. The van der Waals surface area contributed by atoms with Gasteiger partial charge in [-0.1, -0.05) is 62.4 Å². The average molecular weight is 613 g/mol. The van der Waals surface area contributed by atoms with Crippen molar-refractivity contribution in [3.8, 4) is 0 Å². The van der Waals surface area contributed by atoms with E-state index in [2.05, 4.69) is 35.5 Å². The number of carbonyl (C=O) groups excluding carboxylic acids is 3. The fourth-order valence-corrected chi connectivity index (χ4v) is 4.73. The number of amides is 3. The number of allylic oxidation sites excluding steroid dienone is 1. The molecule has 0 radical (unpaired) electrons. The summed E-state index contributed by atoms with van der Waals surface area (Å²) in [6.07, 6.45) is 5.27. The lowest BCUT2D eigenvalue weighted by atomic mass is 10.0. The number of fused-ring (bicyclic) bond motifs is 1. The number of pyridine rings is 1. The lowest BCUT2D eigenvalue weighted by Gasteiger charge is -2.18. The molecule has 3 N–H and O–H groups in total. The molecule has 1 atom stereocenters. The average Bonchev–Trinajstić information content (AvgIpc) is 3.43. The zero-order valence-corrected chi connectivity index (χ0v) is 26.1. The van der Waals surface area contributed by atoms with E-state index < -0.39 is 23.6 Å². The number of benzene rings is 2. The van der Waals surface area contributed by atoms with Crippen molar-refractivity contribution < 1.29 is 19.1 Å². The van der Waals surface area contributed by atoms with Crippen LogP contribution in [0.5, 0.6) is 0 Å². The quantitative estimate of drug-likeness (QED) is 0.188. The number of anilines is 1. The minimum absolute atomic E-state index is 0.0302. The minimum Gasteiger partial charge on any atom is -0.445 e. The van der Waals surface area contributed by atoms with E-state index in [0.717, 1.165) is 28.6 Å². The van der Waals surface area contributed by atoms with Gasteiger partial charge < -0.3 is 29.8 Å². The van der Waals surface area contributed by atoms with Crippen molar-refractivity contribution >= 4 is 34.6 Å². The number of para-hydroxylation sites is 1. The molecule has 0 saturated heterocycles. The monoisotopic (exact) mass is 612 g/mol. The second-order valence-electron chi connectivity index (χ2n) is 11.4. The van der Waals surface area contributed by atoms with Crippen LogP contribution in [0.1, 0.15) is 43.6 Å². The Hall–Kier alpha value is -5.19. The molecule has 11 nitrogen and oxygen atoms in total. The largest absolute Gasteiger partial charge is 0.445 e. The van der Waals surface area contributed by atoms with Crippen LogP contribution in [0.25, 0.3) is 11.0 Å². The van der Waals surface area contributed by atoms with E-state index in [-0.39, 0.29) is 31.2 Å². The maximum atomic E-state index is 13.4. The van der Waals surface area contributed by atoms with Gasteiger partial charge in [0.2, 0.25) is 11.8 Å². The zero-order chi connectivity index (χ0) is 32.3. The van der Waals surface area contributed by atoms with E-state index in [9.17, 15) is 19.2 Å². The first-order chi connectivity index (χ1) is 21.6. The van der Waals surface area contributed by atoms with Crippen molar-refractivity contribution in [1.29, 1.82) is 0 Å². The predicted octanol–water partition coefficient (Wildman–Crippen LogP) is 4.63. The van der Waals surface area contributed by atoms with Crippen LogP contribution in [-0.2, 0) is 33.9 Å². The van der Waals surface area contributed by atoms with Crippen LogP contribution >= 0.6 is 0 Å². The molecular formula is C34H40N6O5. The van der Waals surface area contributed by atoms with Gasteiger partial charge in [0.15, 0.2) is 0 Å². The van der Waals surface area contributed by atoms with Gasteiger partial charge in [-0.2, -0.15) is 0 Å². The molecule has 0 bridgehead atoms. The molecule has 11 heteroatoms. The third kappa shape index (κ3) is 9.40. The van der Waals surface area contributed by atoms with E-state index >= 15 is 0 Å². The van der Waals surface area contributed by atoms with E-state index in [1.807, 2.05) is 42.5 Å². The van der Waals surface area contributed by atoms with Crippen molar-refractivity contribution in [1.82, 2.24) is 24.8 Å². The summed E-state index contributed by atoms with van der Waals surface area (Å²) >= 11 is 0. The van der Waals surface area contributed by atoms with Crippen LogP contribution < -0.4 is 16.2 Å². The number of imidazole rings is 1. The topological polar surface area (TPSA) is 138 Å². The number of ether oxygens (including phenoxy) is 1. The third-order valence-electron chi connectivity index (χ3n) is 7.02. The number of hydrogen-bond acceptors (Lipinski definition) is 6. The molecule has 4 rings (SSSR count). The van der Waals surface area contributed by atoms with Crippen molar-refractivity contribution in [2.45, 2.75) is 52.3 Å². The van der Waals surface area contributed by atoms with Gasteiger partial charge in [0.05, 0.1) is 17.6 Å². The number of hydrogen-bond donors (Lipinski definition) is 3. The summed E-state index contributed by atoms with van der Waals surface area (Å²) in [5.41, 5.74) is 3.35. The maximum Gasteiger partial charge on any atom is 0.408 e. The normalized spacial score (nSPS) is 11.9. The number of aromatic nitrogens is 3. The number of nitrogens with zero attached hydrogens (tertiary/aromatic N) is 3. The molecular weight excluding hydrogens is 572 g/mol. The molecule has 4 aromatic rings. The Morgan fingerprint density at radius 1 is 1.04 bits per heavy atom. The smallest absolute Gasteiger partial charge is 0.408 e. The van der Waals surface area contributed by atoms with Gasteiger partial charge in [-0.3, -0.25) is 14.4 Å². The van der Waals surface area contributed by atoms with Crippen LogP contribution in [0.2, 0.25) is 0 Å². The number of likely N-dealkylation sites (N-methyl/N-ethyl adjacent to an activating group) is 1. The van der Waals surface area contributed by atoms with Crippen molar-refractivity contribution in [3.63, 3.8) is 0 Å². The summed E-state index contributed by atoms with van der Waals surface area (Å²) < 4.78 is 6.77. The van der Waals surface area contributed by atoms with Gasteiger partial charge in [-0.15, -0.1) is 0 Å². The lowest BCUT2D eigenvalue weighted by molar-refractivity contribution is -0.123. The van der Waals surface area contributed by atoms with E-state index in [0.29, 0.717) is 18.2 Å². The Kier molecular flexibility index (Phi) is 11.3. The molecule has 0 aliphatic carbocycles.